The number of anilines is 2. The summed E-state index contributed by atoms with van der Waals surface area (Å²) in [5, 5.41) is 2.41. The topological polar surface area (TPSA) is 58.1 Å². The van der Waals surface area contributed by atoms with Gasteiger partial charge in [0.2, 0.25) is 5.95 Å². The Kier molecular flexibility index (Phi) is 5.84. The molecule has 3 rings (SSSR count). The summed E-state index contributed by atoms with van der Waals surface area (Å²) in [7, 11) is 0. The van der Waals surface area contributed by atoms with Gasteiger partial charge in [0.25, 0.3) is 5.91 Å². The van der Waals surface area contributed by atoms with Crippen molar-refractivity contribution in [2.45, 2.75) is 31.9 Å². The smallest absolute Gasteiger partial charge is 0.341 e. The summed E-state index contributed by atoms with van der Waals surface area (Å²) < 4.78 is 38.6. The van der Waals surface area contributed by atoms with E-state index in [-0.39, 0.29) is 16.4 Å². The maximum atomic E-state index is 12.9. The van der Waals surface area contributed by atoms with E-state index >= 15 is 0 Å². The van der Waals surface area contributed by atoms with Gasteiger partial charge in [-0.15, -0.1) is 0 Å². The van der Waals surface area contributed by atoms with E-state index in [1.165, 1.54) is 12.3 Å². The highest BCUT2D eigenvalue weighted by Gasteiger charge is 2.31. The first kappa shape index (κ1) is 19.4. The van der Waals surface area contributed by atoms with Crippen LogP contribution in [0.3, 0.4) is 0 Å². The second-order valence-electron chi connectivity index (χ2n) is 6.29. The lowest BCUT2D eigenvalue weighted by Gasteiger charge is -2.20. The minimum Gasteiger partial charge on any atom is -0.341 e. The molecular weight excluding hydrogens is 381 g/mol. The van der Waals surface area contributed by atoms with Crippen LogP contribution in [-0.4, -0.2) is 29.0 Å². The summed E-state index contributed by atoms with van der Waals surface area (Å²) in [5.74, 6) is -0.200. The van der Waals surface area contributed by atoms with Gasteiger partial charge in [-0.05, 0) is 37.1 Å². The van der Waals surface area contributed by atoms with Crippen molar-refractivity contribution in [1.82, 2.24) is 9.97 Å². The maximum absolute atomic E-state index is 12.9. The van der Waals surface area contributed by atoms with Gasteiger partial charge >= 0.3 is 6.18 Å². The Morgan fingerprint density at radius 3 is 2.48 bits per heavy atom. The molecule has 2 aromatic rings. The Hall–Kier alpha value is -2.35. The lowest BCUT2D eigenvalue weighted by atomic mass is 10.2. The second kappa shape index (κ2) is 8.12. The predicted octanol–water partition coefficient (Wildman–Crippen LogP) is 4.78. The van der Waals surface area contributed by atoms with Gasteiger partial charge in [0, 0.05) is 19.3 Å². The molecular formula is C18H18ClF3N4O. The third-order valence-electron chi connectivity index (χ3n) is 4.31. The van der Waals surface area contributed by atoms with Crippen LogP contribution in [0.2, 0.25) is 5.02 Å². The van der Waals surface area contributed by atoms with Crippen LogP contribution in [0.5, 0.6) is 0 Å². The van der Waals surface area contributed by atoms with Gasteiger partial charge in [0.05, 0.1) is 16.3 Å². The number of carbonyl (C=O) groups is 1. The summed E-state index contributed by atoms with van der Waals surface area (Å²) in [6.45, 7) is 1.62. The molecule has 1 fully saturated rings. The van der Waals surface area contributed by atoms with Crippen molar-refractivity contribution >= 4 is 29.1 Å². The van der Waals surface area contributed by atoms with Crippen LogP contribution < -0.4 is 10.2 Å². The van der Waals surface area contributed by atoms with Crippen LogP contribution in [0.15, 0.2) is 30.5 Å². The second-order valence-corrected chi connectivity index (χ2v) is 6.70. The molecule has 1 N–H and O–H groups in total. The number of alkyl halides is 3. The Morgan fingerprint density at radius 1 is 1.11 bits per heavy atom. The number of benzene rings is 1. The SMILES string of the molecule is O=C(Nc1cc(C(F)(F)F)ccc1Cl)c1ccnc(N2CCCCCC2)n1. The minimum atomic E-state index is -4.53. The molecule has 1 aromatic heterocycles. The van der Waals surface area contributed by atoms with Crippen LogP contribution in [0.25, 0.3) is 0 Å². The van der Waals surface area contributed by atoms with E-state index in [9.17, 15) is 18.0 Å². The first-order valence-electron chi connectivity index (χ1n) is 8.61. The summed E-state index contributed by atoms with van der Waals surface area (Å²) in [6, 6.07) is 4.18. The van der Waals surface area contributed by atoms with Crippen molar-refractivity contribution in [1.29, 1.82) is 0 Å². The summed E-state index contributed by atoms with van der Waals surface area (Å²) in [5.41, 5.74) is -0.945. The lowest BCUT2D eigenvalue weighted by molar-refractivity contribution is -0.137. The highest BCUT2D eigenvalue weighted by atomic mass is 35.5. The van der Waals surface area contributed by atoms with Crippen molar-refractivity contribution < 1.29 is 18.0 Å². The maximum Gasteiger partial charge on any atom is 0.416 e. The lowest BCUT2D eigenvalue weighted by Crippen LogP contribution is -2.27. The zero-order valence-electron chi connectivity index (χ0n) is 14.4. The third-order valence-corrected chi connectivity index (χ3v) is 4.64. The molecule has 144 valence electrons. The van der Waals surface area contributed by atoms with Gasteiger partial charge in [0.1, 0.15) is 5.69 Å². The van der Waals surface area contributed by atoms with Crippen LogP contribution >= 0.6 is 11.6 Å². The summed E-state index contributed by atoms with van der Waals surface area (Å²) in [4.78, 5) is 23.0. The van der Waals surface area contributed by atoms with Crippen molar-refractivity contribution in [3.63, 3.8) is 0 Å². The van der Waals surface area contributed by atoms with E-state index in [1.54, 1.807) is 0 Å². The highest BCUT2D eigenvalue weighted by molar-refractivity contribution is 6.33. The molecule has 0 unspecified atom stereocenters. The average Bonchev–Trinajstić information content (AvgIpc) is 2.92. The van der Waals surface area contributed by atoms with Crippen molar-refractivity contribution in [3.05, 3.63) is 46.7 Å². The Morgan fingerprint density at radius 2 is 1.81 bits per heavy atom. The molecule has 9 heteroatoms. The fraction of sp³-hybridized carbons (Fsp3) is 0.389. The fourth-order valence-corrected chi connectivity index (χ4v) is 3.05. The summed E-state index contributed by atoms with van der Waals surface area (Å²) >= 11 is 5.93. The van der Waals surface area contributed by atoms with E-state index in [2.05, 4.69) is 15.3 Å². The van der Waals surface area contributed by atoms with E-state index < -0.39 is 17.6 Å². The number of nitrogens with one attached hydrogen (secondary N) is 1. The fourth-order valence-electron chi connectivity index (χ4n) is 2.88. The molecule has 0 saturated carbocycles. The Labute approximate surface area is 159 Å². The molecule has 1 aliphatic heterocycles. The first-order valence-corrected chi connectivity index (χ1v) is 8.98. The number of rotatable bonds is 3. The van der Waals surface area contributed by atoms with Crippen LogP contribution in [-0.2, 0) is 6.18 Å². The van der Waals surface area contributed by atoms with Crippen molar-refractivity contribution in [2.75, 3.05) is 23.3 Å². The normalized spacial score (nSPS) is 15.3. The van der Waals surface area contributed by atoms with Crippen molar-refractivity contribution in [3.8, 4) is 0 Å². The Balaban J connectivity index is 1.79. The predicted molar refractivity (Wildman–Crippen MR) is 97.1 cm³/mol. The van der Waals surface area contributed by atoms with Gasteiger partial charge in [-0.3, -0.25) is 4.79 Å². The molecule has 0 aliphatic carbocycles. The van der Waals surface area contributed by atoms with Crippen LogP contribution in [0, 0.1) is 0 Å². The van der Waals surface area contributed by atoms with Crippen LogP contribution in [0.4, 0.5) is 24.8 Å². The zero-order chi connectivity index (χ0) is 19.4. The van der Waals surface area contributed by atoms with Gasteiger partial charge in [-0.2, -0.15) is 13.2 Å². The highest BCUT2D eigenvalue weighted by Crippen LogP contribution is 2.34. The van der Waals surface area contributed by atoms with E-state index in [1.807, 2.05) is 4.90 Å². The number of hydrogen-bond donors (Lipinski definition) is 1. The number of carbonyl (C=O) groups excluding carboxylic acids is 1. The zero-order valence-corrected chi connectivity index (χ0v) is 15.1. The van der Waals surface area contributed by atoms with Gasteiger partial charge in [0.15, 0.2) is 0 Å². The Bertz CT molecular complexity index is 820. The molecule has 1 amide bonds. The van der Waals surface area contributed by atoms with E-state index in [4.69, 9.17) is 11.6 Å². The molecule has 5 nitrogen and oxygen atoms in total. The molecule has 0 bridgehead atoms. The van der Waals surface area contributed by atoms with Crippen molar-refractivity contribution in [2.24, 2.45) is 0 Å². The van der Waals surface area contributed by atoms with Gasteiger partial charge < -0.3 is 10.2 Å². The minimum absolute atomic E-state index is 0.0122. The monoisotopic (exact) mass is 398 g/mol. The number of nitrogens with zero attached hydrogens (tertiary/aromatic N) is 3. The third kappa shape index (κ3) is 4.88. The molecule has 1 saturated heterocycles. The van der Waals surface area contributed by atoms with Gasteiger partial charge in [-0.1, -0.05) is 24.4 Å². The quantitative estimate of drug-likeness (QED) is 0.808. The van der Waals surface area contributed by atoms with E-state index in [0.717, 1.165) is 57.0 Å². The molecule has 0 radical (unpaired) electrons. The van der Waals surface area contributed by atoms with Crippen LogP contribution in [0.1, 0.15) is 41.7 Å². The molecule has 1 aromatic carbocycles. The number of amides is 1. The number of hydrogen-bond acceptors (Lipinski definition) is 4. The molecule has 1 aliphatic rings. The largest absolute Gasteiger partial charge is 0.416 e. The molecule has 0 spiro atoms. The molecule has 0 atom stereocenters. The number of halogens is 4. The average molecular weight is 399 g/mol. The van der Waals surface area contributed by atoms with E-state index in [0.29, 0.717) is 5.95 Å². The molecule has 2 heterocycles. The number of aromatic nitrogens is 2. The first-order chi connectivity index (χ1) is 12.8. The van der Waals surface area contributed by atoms with Gasteiger partial charge in [-0.25, -0.2) is 9.97 Å². The standard InChI is InChI=1S/C18H18ClF3N4O/c19-13-6-5-12(18(20,21)22)11-15(13)24-16(27)14-7-8-23-17(25-14)26-9-3-1-2-4-10-26/h5-8,11H,1-4,9-10H2,(H,24,27). The summed E-state index contributed by atoms with van der Waals surface area (Å²) in [6.07, 6.45) is 1.28. The molecule has 27 heavy (non-hydrogen) atoms.